The lowest BCUT2D eigenvalue weighted by molar-refractivity contribution is 0.0501. The van der Waals surface area contributed by atoms with Crippen LogP contribution in [0.25, 0.3) is 0 Å². The van der Waals surface area contributed by atoms with Crippen molar-refractivity contribution in [2.24, 2.45) is 5.41 Å². The Balaban J connectivity index is 0.000000511. The lowest BCUT2D eigenvalue weighted by atomic mass is 9.98. The van der Waals surface area contributed by atoms with E-state index in [4.69, 9.17) is 4.74 Å². The Kier molecular flexibility index (Phi) is 9.10. The first-order valence-electron chi connectivity index (χ1n) is 6.87. The number of hydrogen-bond acceptors (Lipinski definition) is 2. The van der Waals surface area contributed by atoms with Crippen molar-refractivity contribution < 1.29 is 9.53 Å². The van der Waals surface area contributed by atoms with Gasteiger partial charge in [0, 0.05) is 0 Å². The maximum atomic E-state index is 11.4. The predicted molar refractivity (Wildman–Crippen MR) is 85.8 cm³/mol. The summed E-state index contributed by atoms with van der Waals surface area (Å²) in [6, 6.07) is 9.00. The highest BCUT2D eigenvalue weighted by molar-refractivity contribution is 5.89. The second-order valence-corrected chi connectivity index (χ2v) is 5.50. The second kappa shape index (κ2) is 10.0. The van der Waals surface area contributed by atoms with Crippen LogP contribution in [0.1, 0.15) is 44.0 Å². The second-order valence-electron chi connectivity index (χ2n) is 5.50. The number of ether oxygens (including phenoxy) is 1. The van der Waals surface area contributed by atoms with Crippen LogP contribution >= 0.6 is 0 Å². The van der Waals surface area contributed by atoms with Crippen molar-refractivity contribution in [2.75, 3.05) is 6.61 Å². The van der Waals surface area contributed by atoms with Crippen LogP contribution in [0.2, 0.25) is 0 Å². The summed E-state index contributed by atoms with van der Waals surface area (Å²) in [7, 11) is 0. The third-order valence-electron chi connectivity index (χ3n) is 2.41. The number of esters is 1. The van der Waals surface area contributed by atoms with Gasteiger partial charge in [0.15, 0.2) is 0 Å². The summed E-state index contributed by atoms with van der Waals surface area (Å²) >= 11 is 0. The van der Waals surface area contributed by atoms with Gasteiger partial charge in [-0.2, -0.15) is 0 Å². The molecule has 0 heterocycles. The molecular weight excluding hydrogens is 248 g/mol. The molecule has 2 heteroatoms. The van der Waals surface area contributed by atoms with Crippen molar-refractivity contribution in [3.05, 3.63) is 61.2 Å². The topological polar surface area (TPSA) is 26.3 Å². The molecule has 2 nitrogen and oxygen atoms in total. The Labute approximate surface area is 123 Å². The van der Waals surface area contributed by atoms with E-state index in [-0.39, 0.29) is 5.97 Å². The summed E-state index contributed by atoms with van der Waals surface area (Å²) < 4.78 is 5.04. The van der Waals surface area contributed by atoms with E-state index < -0.39 is 0 Å². The van der Waals surface area contributed by atoms with Crippen LogP contribution in [0.4, 0.5) is 0 Å². The van der Waals surface area contributed by atoms with E-state index in [1.54, 1.807) is 12.1 Å². The first kappa shape index (κ1) is 18.2. The molecule has 0 N–H and O–H groups in total. The average Bonchev–Trinajstić information content (AvgIpc) is 2.44. The maximum Gasteiger partial charge on any atom is 0.338 e. The molecule has 0 fully saturated rings. The van der Waals surface area contributed by atoms with Crippen molar-refractivity contribution in [2.45, 2.75) is 33.6 Å². The molecule has 0 atom stereocenters. The largest absolute Gasteiger partial charge is 0.462 e. The monoisotopic (exact) mass is 274 g/mol. The molecule has 0 aromatic heterocycles. The van der Waals surface area contributed by atoms with Gasteiger partial charge in [0.05, 0.1) is 12.2 Å². The smallest absolute Gasteiger partial charge is 0.338 e. The molecule has 110 valence electrons. The third kappa shape index (κ3) is 10.1. The maximum absolute atomic E-state index is 11.4. The molecule has 1 aromatic rings. The van der Waals surface area contributed by atoms with Crippen LogP contribution in [-0.2, 0) is 4.74 Å². The van der Waals surface area contributed by atoms with Crippen molar-refractivity contribution in [3.8, 4) is 0 Å². The molecule has 0 unspecified atom stereocenters. The predicted octanol–water partition coefficient (Wildman–Crippen LogP) is 5.03. The lowest BCUT2D eigenvalue weighted by Gasteiger charge is -2.08. The van der Waals surface area contributed by atoms with Crippen molar-refractivity contribution in [3.63, 3.8) is 0 Å². The van der Waals surface area contributed by atoms with Gasteiger partial charge in [-0.15, -0.1) is 13.2 Å². The van der Waals surface area contributed by atoms with Gasteiger partial charge >= 0.3 is 5.97 Å². The van der Waals surface area contributed by atoms with Gasteiger partial charge in [0.25, 0.3) is 0 Å². The highest BCUT2D eigenvalue weighted by Crippen LogP contribution is 2.11. The van der Waals surface area contributed by atoms with E-state index in [0.717, 1.165) is 12.8 Å². The fraction of sp³-hybridized carbons (Fsp3) is 0.389. The molecule has 1 aromatic carbocycles. The number of unbranched alkanes of at least 4 members (excludes halogenated alkanes) is 1. The summed E-state index contributed by atoms with van der Waals surface area (Å²) in [6.45, 7) is 14.1. The van der Waals surface area contributed by atoms with Gasteiger partial charge in [0.1, 0.15) is 0 Å². The Morgan fingerprint density at radius 1 is 1.20 bits per heavy atom. The van der Waals surface area contributed by atoms with Gasteiger partial charge in [-0.05, 0) is 30.4 Å². The molecule has 0 radical (unpaired) electrons. The number of rotatable bonds is 5. The first-order valence-corrected chi connectivity index (χ1v) is 6.87. The standard InChI is InChI=1S/C12H14O2.C6H12/c1-2-3-7-10-14-12(13)11-8-5-4-6-9-11;1-5-6(2,3)4/h2,4-6,8-9H,1,3,7,10H2;5H,1H2,2-4H3. The summed E-state index contributed by atoms with van der Waals surface area (Å²) in [5, 5.41) is 0. The molecular formula is C18H26O2. The molecule has 0 aliphatic heterocycles. The number of carbonyl (C=O) groups excluding carboxylic acids is 1. The summed E-state index contributed by atoms with van der Waals surface area (Å²) in [4.78, 5) is 11.4. The van der Waals surface area contributed by atoms with Crippen molar-refractivity contribution >= 4 is 5.97 Å². The molecule has 0 aliphatic carbocycles. The zero-order valence-corrected chi connectivity index (χ0v) is 12.9. The Hall–Kier alpha value is -1.83. The van der Waals surface area contributed by atoms with E-state index in [9.17, 15) is 4.79 Å². The van der Waals surface area contributed by atoms with Gasteiger partial charge in [-0.3, -0.25) is 0 Å². The van der Waals surface area contributed by atoms with Crippen LogP contribution in [0.5, 0.6) is 0 Å². The average molecular weight is 274 g/mol. The zero-order valence-electron chi connectivity index (χ0n) is 12.9. The minimum Gasteiger partial charge on any atom is -0.462 e. The van der Waals surface area contributed by atoms with E-state index in [1.165, 1.54) is 0 Å². The molecule has 0 saturated heterocycles. The zero-order chi connectivity index (χ0) is 15.4. The lowest BCUT2D eigenvalue weighted by Crippen LogP contribution is -2.05. The first-order chi connectivity index (χ1) is 9.40. The third-order valence-corrected chi connectivity index (χ3v) is 2.41. The highest BCUT2D eigenvalue weighted by atomic mass is 16.5. The molecule has 0 bridgehead atoms. The minimum atomic E-state index is -0.255. The van der Waals surface area contributed by atoms with Gasteiger partial charge in [-0.25, -0.2) is 4.79 Å². The van der Waals surface area contributed by atoms with Crippen molar-refractivity contribution in [1.29, 1.82) is 0 Å². The Bertz CT molecular complexity index is 399. The fourth-order valence-electron chi connectivity index (χ4n) is 1.05. The summed E-state index contributed by atoms with van der Waals surface area (Å²) in [5.74, 6) is -0.255. The normalized spacial score (nSPS) is 9.95. The molecule has 0 aliphatic rings. The van der Waals surface area contributed by atoms with Crippen LogP contribution < -0.4 is 0 Å². The van der Waals surface area contributed by atoms with Crippen LogP contribution in [0, 0.1) is 5.41 Å². The van der Waals surface area contributed by atoms with E-state index in [0.29, 0.717) is 17.6 Å². The van der Waals surface area contributed by atoms with E-state index >= 15 is 0 Å². The summed E-state index contributed by atoms with van der Waals surface area (Å²) in [5.41, 5.74) is 0.908. The number of hydrogen-bond donors (Lipinski definition) is 0. The number of carbonyl (C=O) groups is 1. The van der Waals surface area contributed by atoms with Crippen molar-refractivity contribution in [1.82, 2.24) is 0 Å². The van der Waals surface area contributed by atoms with Crippen LogP contribution in [0.15, 0.2) is 55.6 Å². The minimum absolute atomic E-state index is 0.255. The fourth-order valence-corrected chi connectivity index (χ4v) is 1.05. The van der Waals surface area contributed by atoms with E-state index in [2.05, 4.69) is 33.9 Å². The molecule has 0 saturated carbocycles. The van der Waals surface area contributed by atoms with Gasteiger partial charge < -0.3 is 4.74 Å². The highest BCUT2D eigenvalue weighted by Gasteiger charge is 2.04. The molecule has 20 heavy (non-hydrogen) atoms. The van der Waals surface area contributed by atoms with Gasteiger partial charge in [0.2, 0.25) is 0 Å². The SMILES string of the molecule is C=CC(C)(C)C.C=CCCCOC(=O)c1ccccc1. The quantitative estimate of drug-likeness (QED) is 0.428. The van der Waals surface area contributed by atoms with E-state index in [1.807, 2.05) is 30.4 Å². The van der Waals surface area contributed by atoms with Gasteiger partial charge in [-0.1, -0.05) is 51.1 Å². The molecule has 0 amide bonds. The Morgan fingerprint density at radius 2 is 1.75 bits per heavy atom. The number of allylic oxidation sites excluding steroid dienone is 2. The Morgan fingerprint density at radius 3 is 2.20 bits per heavy atom. The van der Waals surface area contributed by atoms with Crippen LogP contribution in [-0.4, -0.2) is 12.6 Å². The van der Waals surface area contributed by atoms with Crippen LogP contribution in [0.3, 0.4) is 0 Å². The molecule has 0 spiro atoms. The molecule has 1 rings (SSSR count). The number of benzene rings is 1. The summed E-state index contributed by atoms with van der Waals surface area (Å²) in [6.07, 6.45) is 5.47.